The highest BCUT2D eigenvalue weighted by Gasteiger charge is 2.36. The van der Waals surface area contributed by atoms with E-state index in [1.807, 2.05) is 66.4 Å². The summed E-state index contributed by atoms with van der Waals surface area (Å²) in [6.07, 6.45) is 0.851. The second-order valence-electron chi connectivity index (χ2n) is 6.53. The van der Waals surface area contributed by atoms with Gasteiger partial charge in [0, 0.05) is 18.8 Å². The molecule has 3 nitrogen and oxygen atoms in total. The van der Waals surface area contributed by atoms with Crippen molar-refractivity contribution in [1.29, 1.82) is 0 Å². The molecular formula is C20H23FN2O. The van der Waals surface area contributed by atoms with Crippen molar-refractivity contribution in [2.24, 2.45) is 0 Å². The van der Waals surface area contributed by atoms with Gasteiger partial charge in [0.1, 0.15) is 5.67 Å². The number of hydrogen-bond donors (Lipinski definition) is 1. The van der Waals surface area contributed by atoms with Crippen LogP contribution in [0, 0.1) is 6.92 Å². The third-order valence-electron chi connectivity index (χ3n) is 4.61. The maximum atomic E-state index is 15.1. The smallest absolute Gasteiger partial charge is 0.238 e. The normalized spacial score (nSPS) is 17.4. The number of amides is 1. The van der Waals surface area contributed by atoms with Crippen LogP contribution in [-0.4, -0.2) is 30.4 Å². The lowest BCUT2D eigenvalue weighted by atomic mass is 9.86. The minimum Gasteiger partial charge on any atom is -0.325 e. The Morgan fingerprint density at radius 2 is 1.83 bits per heavy atom. The SMILES string of the molecule is Cc1cccc(NC(=O)CN2CCC(F)(c3ccccc3)CC2)c1. The lowest BCUT2D eigenvalue weighted by Gasteiger charge is -2.36. The lowest BCUT2D eigenvalue weighted by molar-refractivity contribution is -0.118. The molecule has 1 fully saturated rings. The number of rotatable bonds is 4. The number of piperidine rings is 1. The van der Waals surface area contributed by atoms with Gasteiger partial charge in [-0.2, -0.15) is 0 Å². The van der Waals surface area contributed by atoms with E-state index in [2.05, 4.69) is 5.32 Å². The Balaban J connectivity index is 1.53. The highest BCUT2D eigenvalue weighted by atomic mass is 19.1. The summed E-state index contributed by atoms with van der Waals surface area (Å²) >= 11 is 0. The summed E-state index contributed by atoms with van der Waals surface area (Å²) in [5.41, 5.74) is 1.39. The average molecular weight is 326 g/mol. The van der Waals surface area contributed by atoms with Gasteiger partial charge in [0.15, 0.2) is 0 Å². The van der Waals surface area contributed by atoms with E-state index in [1.54, 1.807) is 0 Å². The van der Waals surface area contributed by atoms with Gasteiger partial charge >= 0.3 is 0 Å². The average Bonchev–Trinajstić information content (AvgIpc) is 2.58. The molecule has 0 bridgehead atoms. The first-order chi connectivity index (χ1) is 11.5. The predicted octanol–water partition coefficient (Wildman–Crippen LogP) is 3.89. The molecule has 0 atom stereocenters. The molecule has 4 heteroatoms. The van der Waals surface area contributed by atoms with E-state index < -0.39 is 5.67 Å². The van der Waals surface area contributed by atoms with Crippen LogP contribution in [-0.2, 0) is 10.5 Å². The molecule has 24 heavy (non-hydrogen) atoms. The van der Waals surface area contributed by atoms with Gasteiger partial charge in [0.25, 0.3) is 0 Å². The fraction of sp³-hybridized carbons (Fsp3) is 0.350. The molecule has 1 aliphatic rings. The zero-order valence-corrected chi connectivity index (χ0v) is 14.0. The second kappa shape index (κ2) is 7.14. The van der Waals surface area contributed by atoms with Crippen LogP contribution in [0.1, 0.15) is 24.0 Å². The van der Waals surface area contributed by atoms with Crippen molar-refractivity contribution in [2.75, 3.05) is 25.0 Å². The van der Waals surface area contributed by atoms with Crippen LogP contribution in [0.15, 0.2) is 54.6 Å². The van der Waals surface area contributed by atoms with E-state index in [9.17, 15) is 4.79 Å². The van der Waals surface area contributed by atoms with Crippen molar-refractivity contribution in [3.05, 3.63) is 65.7 Å². The molecule has 2 aromatic rings. The number of nitrogens with zero attached hydrogens (tertiary/aromatic N) is 1. The summed E-state index contributed by atoms with van der Waals surface area (Å²) in [4.78, 5) is 14.2. The number of halogens is 1. The molecular weight excluding hydrogens is 303 g/mol. The van der Waals surface area contributed by atoms with Gasteiger partial charge in [-0.1, -0.05) is 42.5 Å². The summed E-state index contributed by atoms with van der Waals surface area (Å²) < 4.78 is 15.1. The van der Waals surface area contributed by atoms with E-state index in [4.69, 9.17) is 0 Å². The zero-order valence-electron chi connectivity index (χ0n) is 14.0. The number of alkyl halides is 1. The molecule has 0 radical (unpaired) electrons. The predicted molar refractivity (Wildman–Crippen MR) is 94.7 cm³/mol. The molecule has 0 aliphatic carbocycles. The fourth-order valence-corrected chi connectivity index (χ4v) is 3.22. The Morgan fingerprint density at radius 3 is 2.50 bits per heavy atom. The highest BCUT2D eigenvalue weighted by molar-refractivity contribution is 5.92. The molecule has 0 unspecified atom stereocenters. The first-order valence-electron chi connectivity index (χ1n) is 8.38. The van der Waals surface area contributed by atoms with Crippen molar-refractivity contribution in [1.82, 2.24) is 4.90 Å². The van der Waals surface area contributed by atoms with Gasteiger partial charge in [-0.3, -0.25) is 9.69 Å². The van der Waals surface area contributed by atoms with Crippen LogP contribution in [0.3, 0.4) is 0 Å². The second-order valence-corrected chi connectivity index (χ2v) is 6.53. The fourth-order valence-electron chi connectivity index (χ4n) is 3.22. The zero-order chi connectivity index (χ0) is 17.0. The summed E-state index contributed by atoms with van der Waals surface area (Å²) in [6, 6.07) is 17.1. The third kappa shape index (κ3) is 4.01. The third-order valence-corrected chi connectivity index (χ3v) is 4.61. The maximum absolute atomic E-state index is 15.1. The van der Waals surface area contributed by atoms with Crippen molar-refractivity contribution < 1.29 is 9.18 Å². The van der Waals surface area contributed by atoms with Crippen LogP contribution in [0.2, 0.25) is 0 Å². The van der Waals surface area contributed by atoms with E-state index in [-0.39, 0.29) is 5.91 Å². The molecule has 3 rings (SSSR count). The van der Waals surface area contributed by atoms with Crippen molar-refractivity contribution >= 4 is 11.6 Å². The number of nitrogens with one attached hydrogen (secondary N) is 1. The summed E-state index contributed by atoms with van der Waals surface area (Å²) in [5, 5.41) is 2.91. The van der Waals surface area contributed by atoms with Gasteiger partial charge in [0.2, 0.25) is 5.91 Å². The Bertz CT molecular complexity index is 694. The summed E-state index contributed by atoms with van der Waals surface area (Å²) in [5.74, 6) is -0.0494. The number of benzene rings is 2. The highest BCUT2D eigenvalue weighted by Crippen LogP contribution is 2.36. The minimum absolute atomic E-state index is 0.0494. The number of hydrogen-bond acceptors (Lipinski definition) is 2. The van der Waals surface area contributed by atoms with Crippen LogP contribution in [0.5, 0.6) is 0 Å². The molecule has 126 valence electrons. The van der Waals surface area contributed by atoms with Crippen LogP contribution in [0.25, 0.3) is 0 Å². The van der Waals surface area contributed by atoms with E-state index in [0.29, 0.717) is 32.5 Å². The molecule has 1 amide bonds. The van der Waals surface area contributed by atoms with E-state index >= 15 is 4.39 Å². The first-order valence-corrected chi connectivity index (χ1v) is 8.38. The molecule has 2 aromatic carbocycles. The molecule has 1 aliphatic heterocycles. The van der Waals surface area contributed by atoms with Crippen molar-refractivity contribution in [3.63, 3.8) is 0 Å². The number of aryl methyl sites for hydroxylation is 1. The first kappa shape index (κ1) is 16.7. The number of anilines is 1. The Labute approximate surface area is 142 Å². The van der Waals surface area contributed by atoms with Crippen LogP contribution < -0.4 is 5.32 Å². The number of carbonyl (C=O) groups excluding carboxylic acids is 1. The topological polar surface area (TPSA) is 32.3 Å². The van der Waals surface area contributed by atoms with Gasteiger partial charge in [-0.05, 0) is 43.0 Å². The molecule has 1 N–H and O–H groups in total. The number of likely N-dealkylation sites (tertiary alicyclic amines) is 1. The van der Waals surface area contributed by atoms with Crippen LogP contribution in [0.4, 0.5) is 10.1 Å². The molecule has 0 saturated carbocycles. The molecule has 0 aromatic heterocycles. The van der Waals surface area contributed by atoms with Gasteiger partial charge in [-0.15, -0.1) is 0 Å². The molecule has 1 heterocycles. The number of carbonyl (C=O) groups is 1. The van der Waals surface area contributed by atoms with E-state index in [1.165, 1.54) is 0 Å². The molecule has 0 spiro atoms. The summed E-state index contributed by atoms with van der Waals surface area (Å²) in [6.45, 7) is 3.47. The maximum Gasteiger partial charge on any atom is 0.238 e. The summed E-state index contributed by atoms with van der Waals surface area (Å²) in [7, 11) is 0. The van der Waals surface area contributed by atoms with E-state index in [0.717, 1.165) is 16.8 Å². The monoisotopic (exact) mass is 326 g/mol. The van der Waals surface area contributed by atoms with Gasteiger partial charge in [0.05, 0.1) is 6.54 Å². The largest absolute Gasteiger partial charge is 0.325 e. The van der Waals surface area contributed by atoms with Crippen LogP contribution >= 0.6 is 0 Å². The Kier molecular flexibility index (Phi) is 4.95. The standard InChI is InChI=1S/C20H23FN2O/c1-16-6-5-9-18(14-16)22-19(24)15-23-12-10-20(21,11-13-23)17-7-3-2-4-8-17/h2-9,14H,10-13,15H2,1H3,(H,22,24). The molecule has 1 saturated heterocycles. The van der Waals surface area contributed by atoms with Crippen molar-refractivity contribution in [2.45, 2.75) is 25.4 Å². The quantitative estimate of drug-likeness (QED) is 0.924. The minimum atomic E-state index is -1.27. The Hall–Kier alpha value is -2.20. The van der Waals surface area contributed by atoms with Gasteiger partial charge in [-0.25, -0.2) is 4.39 Å². The van der Waals surface area contributed by atoms with Gasteiger partial charge < -0.3 is 5.32 Å². The Morgan fingerprint density at radius 1 is 1.12 bits per heavy atom. The lowest BCUT2D eigenvalue weighted by Crippen LogP contribution is -2.43. The van der Waals surface area contributed by atoms with Crippen molar-refractivity contribution in [3.8, 4) is 0 Å².